The van der Waals surface area contributed by atoms with Crippen LogP contribution in [-0.4, -0.2) is 6.54 Å². The highest BCUT2D eigenvalue weighted by molar-refractivity contribution is 9.10. The van der Waals surface area contributed by atoms with Crippen molar-refractivity contribution in [3.63, 3.8) is 0 Å². The fourth-order valence-corrected chi connectivity index (χ4v) is 4.42. The number of allylic oxidation sites excluding steroid dienone is 2. The Labute approximate surface area is 126 Å². The van der Waals surface area contributed by atoms with Gasteiger partial charge in [-0.25, -0.2) is 0 Å². The van der Waals surface area contributed by atoms with Gasteiger partial charge in [-0.2, -0.15) is 0 Å². The number of rotatable bonds is 3. The molecule has 1 nitrogen and oxygen atoms in total. The number of nitrogens with one attached hydrogen (secondary N) is 1. The highest BCUT2D eigenvalue weighted by Crippen LogP contribution is 2.44. The summed E-state index contributed by atoms with van der Waals surface area (Å²) in [7, 11) is 0. The third kappa shape index (κ3) is 2.43. The van der Waals surface area contributed by atoms with Crippen molar-refractivity contribution in [1.82, 2.24) is 0 Å². The number of fused-ring (bicyclic) bond motifs is 2. The third-order valence-corrected chi connectivity index (χ3v) is 5.02. The fourth-order valence-electron chi connectivity index (χ4n) is 3.07. The van der Waals surface area contributed by atoms with Crippen LogP contribution in [0.15, 0.2) is 28.8 Å². The van der Waals surface area contributed by atoms with Gasteiger partial charge in [0.15, 0.2) is 0 Å². The summed E-state index contributed by atoms with van der Waals surface area (Å²) in [5, 5.41) is 4.76. The minimum Gasteiger partial charge on any atom is -0.382 e. The van der Waals surface area contributed by atoms with E-state index in [1.165, 1.54) is 12.8 Å². The first kappa shape index (κ1) is 12.8. The van der Waals surface area contributed by atoms with Crippen molar-refractivity contribution >= 4 is 44.8 Å². The standard InChI is InChI=1S/C14H14BrCl2N/c15-11-5-12(16)14(13(17)6-11)18-7-10-4-8-1-2-9(10)3-8/h1-2,5-6,8-10,18H,3-4,7H2. The topological polar surface area (TPSA) is 12.0 Å². The molecule has 1 aromatic carbocycles. The fraction of sp³-hybridized carbons (Fsp3) is 0.429. The van der Waals surface area contributed by atoms with Crippen molar-refractivity contribution < 1.29 is 0 Å². The molecule has 1 fully saturated rings. The predicted molar refractivity (Wildman–Crippen MR) is 81.5 cm³/mol. The normalized spacial score (nSPS) is 28.9. The molecule has 4 heteroatoms. The van der Waals surface area contributed by atoms with Gasteiger partial charge in [0.05, 0.1) is 15.7 Å². The smallest absolute Gasteiger partial charge is 0.0719 e. The van der Waals surface area contributed by atoms with Crippen LogP contribution in [0.25, 0.3) is 0 Å². The van der Waals surface area contributed by atoms with E-state index in [0.29, 0.717) is 10.0 Å². The van der Waals surface area contributed by atoms with Gasteiger partial charge in [-0.15, -0.1) is 0 Å². The van der Waals surface area contributed by atoms with Crippen LogP contribution in [0.5, 0.6) is 0 Å². The molecule has 3 atom stereocenters. The molecule has 0 spiro atoms. The Bertz CT molecular complexity index is 478. The Morgan fingerprint density at radius 2 is 1.89 bits per heavy atom. The second-order valence-corrected chi connectivity index (χ2v) is 6.90. The molecular formula is C14H14BrCl2N. The average Bonchev–Trinajstić information content (AvgIpc) is 2.89. The molecule has 2 aliphatic rings. The molecular weight excluding hydrogens is 333 g/mol. The molecule has 0 saturated heterocycles. The second-order valence-electron chi connectivity index (χ2n) is 5.17. The molecule has 96 valence electrons. The lowest BCUT2D eigenvalue weighted by atomic mass is 9.93. The van der Waals surface area contributed by atoms with Crippen molar-refractivity contribution in [2.75, 3.05) is 11.9 Å². The second kappa shape index (κ2) is 5.07. The molecule has 2 aliphatic carbocycles. The van der Waals surface area contributed by atoms with Crippen LogP contribution >= 0.6 is 39.1 Å². The summed E-state index contributed by atoms with van der Waals surface area (Å²) in [6.07, 6.45) is 7.35. The summed E-state index contributed by atoms with van der Waals surface area (Å²) in [6, 6.07) is 3.74. The third-order valence-electron chi connectivity index (χ3n) is 3.96. The van der Waals surface area contributed by atoms with Crippen molar-refractivity contribution in [3.8, 4) is 0 Å². The highest BCUT2D eigenvalue weighted by Gasteiger charge is 2.35. The number of anilines is 1. The van der Waals surface area contributed by atoms with Gasteiger partial charge in [0, 0.05) is 11.0 Å². The SMILES string of the molecule is Clc1cc(Br)cc(Cl)c1NCC1CC2C=CC1C2. The zero-order valence-corrected chi connectivity index (χ0v) is 12.9. The molecule has 0 aromatic heterocycles. The number of hydrogen-bond donors (Lipinski definition) is 1. The summed E-state index contributed by atoms with van der Waals surface area (Å²) in [4.78, 5) is 0. The highest BCUT2D eigenvalue weighted by atomic mass is 79.9. The lowest BCUT2D eigenvalue weighted by Crippen LogP contribution is -2.18. The molecule has 2 bridgehead atoms. The zero-order chi connectivity index (χ0) is 12.7. The maximum absolute atomic E-state index is 6.21. The largest absolute Gasteiger partial charge is 0.382 e. The van der Waals surface area contributed by atoms with E-state index >= 15 is 0 Å². The van der Waals surface area contributed by atoms with E-state index in [-0.39, 0.29) is 0 Å². The average molecular weight is 347 g/mol. The van der Waals surface area contributed by atoms with Gasteiger partial charge in [-0.05, 0) is 42.7 Å². The van der Waals surface area contributed by atoms with Gasteiger partial charge in [-0.3, -0.25) is 0 Å². The van der Waals surface area contributed by atoms with Crippen LogP contribution in [0.4, 0.5) is 5.69 Å². The van der Waals surface area contributed by atoms with Crippen LogP contribution in [0, 0.1) is 17.8 Å². The predicted octanol–water partition coefficient (Wildman–Crippen LogP) is 5.38. The summed E-state index contributed by atoms with van der Waals surface area (Å²) in [6.45, 7) is 0.951. The Hall–Kier alpha value is -0.180. The van der Waals surface area contributed by atoms with Crippen molar-refractivity contribution in [2.24, 2.45) is 17.8 Å². The quantitative estimate of drug-likeness (QED) is 0.724. The van der Waals surface area contributed by atoms with Gasteiger partial charge in [0.25, 0.3) is 0 Å². The van der Waals surface area contributed by atoms with Crippen LogP contribution in [0.2, 0.25) is 10.0 Å². The Kier molecular flexibility index (Phi) is 3.61. The number of hydrogen-bond acceptors (Lipinski definition) is 1. The van der Waals surface area contributed by atoms with Crippen LogP contribution < -0.4 is 5.32 Å². The molecule has 0 heterocycles. The van der Waals surface area contributed by atoms with E-state index in [1.807, 2.05) is 12.1 Å². The Morgan fingerprint density at radius 3 is 2.44 bits per heavy atom. The van der Waals surface area contributed by atoms with E-state index in [9.17, 15) is 0 Å². The summed E-state index contributed by atoms with van der Waals surface area (Å²) < 4.78 is 0.908. The van der Waals surface area contributed by atoms with Crippen LogP contribution in [-0.2, 0) is 0 Å². The van der Waals surface area contributed by atoms with E-state index in [2.05, 4.69) is 33.4 Å². The van der Waals surface area contributed by atoms with Crippen LogP contribution in [0.1, 0.15) is 12.8 Å². The molecule has 1 saturated carbocycles. The first-order valence-corrected chi connectivity index (χ1v) is 7.75. The molecule has 0 aliphatic heterocycles. The van der Waals surface area contributed by atoms with Gasteiger partial charge in [-0.1, -0.05) is 51.3 Å². The summed E-state index contributed by atoms with van der Waals surface area (Å²) >= 11 is 15.8. The van der Waals surface area contributed by atoms with Gasteiger partial charge in [0.2, 0.25) is 0 Å². The molecule has 0 radical (unpaired) electrons. The summed E-state index contributed by atoms with van der Waals surface area (Å²) in [5.41, 5.74) is 0.855. The van der Waals surface area contributed by atoms with Crippen molar-refractivity contribution in [3.05, 3.63) is 38.8 Å². The van der Waals surface area contributed by atoms with Gasteiger partial charge in [0.1, 0.15) is 0 Å². The van der Waals surface area contributed by atoms with Gasteiger partial charge >= 0.3 is 0 Å². The Morgan fingerprint density at radius 1 is 1.17 bits per heavy atom. The van der Waals surface area contributed by atoms with Crippen molar-refractivity contribution in [1.29, 1.82) is 0 Å². The van der Waals surface area contributed by atoms with Crippen LogP contribution in [0.3, 0.4) is 0 Å². The number of halogens is 3. The molecule has 1 N–H and O–H groups in total. The lowest BCUT2D eigenvalue weighted by Gasteiger charge is -2.20. The number of benzene rings is 1. The van der Waals surface area contributed by atoms with E-state index in [4.69, 9.17) is 23.2 Å². The molecule has 1 aromatic rings. The van der Waals surface area contributed by atoms with E-state index in [1.54, 1.807) is 0 Å². The molecule has 3 unspecified atom stereocenters. The lowest BCUT2D eigenvalue weighted by molar-refractivity contribution is 0.472. The van der Waals surface area contributed by atoms with E-state index in [0.717, 1.165) is 34.5 Å². The minimum atomic E-state index is 0.674. The van der Waals surface area contributed by atoms with Gasteiger partial charge < -0.3 is 5.32 Å². The maximum atomic E-state index is 6.21. The minimum absolute atomic E-state index is 0.674. The maximum Gasteiger partial charge on any atom is 0.0719 e. The molecule has 18 heavy (non-hydrogen) atoms. The monoisotopic (exact) mass is 345 g/mol. The molecule has 3 rings (SSSR count). The first-order chi connectivity index (χ1) is 8.63. The Balaban J connectivity index is 1.69. The molecule has 0 amide bonds. The first-order valence-electron chi connectivity index (χ1n) is 6.20. The van der Waals surface area contributed by atoms with E-state index < -0.39 is 0 Å². The zero-order valence-electron chi connectivity index (χ0n) is 9.80. The van der Waals surface area contributed by atoms with Crippen molar-refractivity contribution in [2.45, 2.75) is 12.8 Å². The summed E-state index contributed by atoms with van der Waals surface area (Å²) in [5.74, 6) is 2.27.